The fourth-order valence-electron chi connectivity index (χ4n) is 1.66. The zero-order valence-corrected chi connectivity index (χ0v) is 11.3. The fourth-order valence-corrected chi connectivity index (χ4v) is 2.84. The normalized spacial score (nSPS) is 11.7. The van der Waals surface area contributed by atoms with E-state index in [0.29, 0.717) is 18.7 Å². The molecule has 0 unspecified atom stereocenters. The predicted octanol–water partition coefficient (Wildman–Crippen LogP) is 0.437. The number of aryl methyl sites for hydroxylation is 1. The van der Waals surface area contributed by atoms with Gasteiger partial charge in [-0.2, -0.15) is 5.10 Å². The van der Waals surface area contributed by atoms with Crippen LogP contribution in [0.25, 0.3) is 0 Å². The standard InChI is InChI=1S/C11H14FN5O2S/c12-8-3-4-10(9(13)6-8)20(18,19)16-5-1-2-11-14-7-15-17-11/h3-4,6-7,16H,1-2,5,13H2,(H,14,15,17). The molecule has 0 spiro atoms. The van der Waals surface area contributed by atoms with Crippen molar-refractivity contribution < 1.29 is 12.8 Å². The summed E-state index contributed by atoms with van der Waals surface area (Å²) in [6.45, 7) is 0.222. The maximum Gasteiger partial charge on any atom is 0.242 e. The van der Waals surface area contributed by atoms with Gasteiger partial charge in [0.25, 0.3) is 0 Å². The first-order chi connectivity index (χ1) is 9.49. The van der Waals surface area contributed by atoms with Gasteiger partial charge in [-0.25, -0.2) is 22.5 Å². The molecule has 2 aromatic rings. The molecule has 20 heavy (non-hydrogen) atoms. The van der Waals surface area contributed by atoms with E-state index in [1.54, 1.807) is 0 Å². The molecule has 0 saturated heterocycles. The Balaban J connectivity index is 1.93. The van der Waals surface area contributed by atoms with Gasteiger partial charge in [-0.15, -0.1) is 0 Å². The first kappa shape index (κ1) is 14.4. The maximum absolute atomic E-state index is 12.9. The van der Waals surface area contributed by atoms with Crippen molar-refractivity contribution in [3.8, 4) is 0 Å². The number of aromatic nitrogens is 3. The van der Waals surface area contributed by atoms with Crippen LogP contribution in [0.5, 0.6) is 0 Å². The van der Waals surface area contributed by atoms with Gasteiger partial charge in [0.05, 0.1) is 5.69 Å². The zero-order chi connectivity index (χ0) is 14.6. The van der Waals surface area contributed by atoms with Gasteiger partial charge in [0.1, 0.15) is 22.9 Å². The highest BCUT2D eigenvalue weighted by Crippen LogP contribution is 2.18. The summed E-state index contributed by atoms with van der Waals surface area (Å²) < 4.78 is 39.2. The number of nitrogens with one attached hydrogen (secondary N) is 2. The van der Waals surface area contributed by atoms with Gasteiger partial charge in [0, 0.05) is 13.0 Å². The summed E-state index contributed by atoms with van der Waals surface area (Å²) in [5, 5.41) is 6.37. The number of nitrogen functional groups attached to an aromatic ring is 1. The number of benzene rings is 1. The van der Waals surface area contributed by atoms with Crippen LogP contribution in [-0.4, -0.2) is 30.1 Å². The summed E-state index contributed by atoms with van der Waals surface area (Å²) in [5.41, 5.74) is 5.39. The van der Waals surface area contributed by atoms with Crippen LogP contribution in [0.4, 0.5) is 10.1 Å². The smallest absolute Gasteiger partial charge is 0.242 e. The molecule has 9 heteroatoms. The van der Waals surface area contributed by atoms with Crippen molar-refractivity contribution >= 4 is 15.7 Å². The van der Waals surface area contributed by atoms with Gasteiger partial charge in [-0.05, 0) is 24.6 Å². The molecule has 1 heterocycles. The summed E-state index contributed by atoms with van der Waals surface area (Å²) in [6.07, 6.45) is 2.51. The monoisotopic (exact) mass is 299 g/mol. The molecule has 0 aliphatic heterocycles. The molecule has 0 aliphatic rings. The number of sulfonamides is 1. The van der Waals surface area contributed by atoms with Crippen molar-refractivity contribution in [2.45, 2.75) is 17.7 Å². The lowest BCUT2D eigenvalue weighted by Gasteiger charge is -2.08. The Morgan fingerprint density at radius 1 is 1.40 bits per heavy atom. The average Bonchev–Trinajstić information content (AvgIpc) is 2.87. The third kappa shape index (κ3) is 3.52. The molecule has 1 aromatic heterocycles. The quantitative estimate of drug-likeness (QED) is 0.529. The second-order valence-electron chi connectivity index (χ2n) is 4.12. The number of hydrogen-bond donors (Lipinski definition) is 3. The third-order valence-electron chi connectivity index (χ3n) is 2.61. The maximum atomic E-state index is 12.9. The van der Waals surface area contributed by atoms with Crippen LogP contribution in [-0.2, 0) is 16.4 Å². The Morgan fingerprint density at radius 3 is 2.85 bits per heavy atom. The molecule has 1 aromatic carbocycles. The van der Waals surface area contributed by atoms with E-state index < -0.39 is 15.8 Å². The van der Waals surface area contributed by atoms with E-state index in [2.05, 4.69) is 19.9 Å². The van der Waals surface area contributed by atoms with Gasteiger partial charge in [-0.3, -0.25) is 5.10 Å². The molecule has 0 saturated carbocycles. The second kappa shape index (κ2) is 5.97. The number of nitrogens with two attached hydrogens (primary N) is 1. The lowest BCUT2D eigenvalue weighted by Crippen LogP contribution is -2.26. The zero-order valence-electron chi connectivity index (χ0n) is 10.5. The van der Waals surface area contributed by atoms with Gasteiger partial charge >= 0.3 is 0 Å². The van der Waals surface area contributed by atoms with Crippen LogP contribution in [0.1, 0.15) is 12.2 Å². The molecule has 108 valence electrons. The Hall–Kier alpha value is -2.00. The minimum absolute atomic E-state index is 0.118. The highest BCUT2D eigenvalue weighted by molar-refractivity contribution is 7.89. The summed E-state index contributed by atoms with van der Waals surface area (Å²) in [5.74, 6) is 0.109. The second-order valence-corrected chi connectivity index (χ2v) is 5.85. The van der Waals surface area contributed by atoms with Crippen molar-refractivity contribution in [3.63, 3.8) is 0 Å². The molecule has 0 atom stereocenters. The van der Waals surface area contributed by atoms with Crippen LogP contribution in [0, 0.1) is 5.82 Å². The fraction of sp³-hybridized carbons (Fsp3) is 0.273. The lowest BCUT2D eigenvalue weighted by atomic mass is 10.3. The molecule has 7 nitrogen and oxygen atoms in total. The van der Waals surface area contributed by atoms with Crippen molar-refractivity contribution in [1.29, 1.82) is 0 Å². The van der Waals surface area contributed by atoms with Crippen LogP contribution >= 0.6 is 0 Å². The number of rotatable bonds is 6. The number of H-pyrrole nitrogens is 1. The third-order valence-corrected chi connectivity index (χ3v) is 4.14. The highest BCUT2D eigenvalue weighted by atomic mass is 32.2. The number of nitrogens with zero attached hydrogens (tertiary/aromatic N) is 2. The van der Waals surface area contributed by atoms with Crippen molar-refractivity contribution in [2.24, 2.45) is 0 Å². The molecule has 0 aliphatic carbocycles. The number of anilines is 1. The van der Waals surface area contributed by atoms with Crippen LogP contribution in [0.3, 0.4) is 0 Å². The summed E-state index contributed by atoms with van der Waals surface area (Å²) in [7, 11) is -3.74. The summed E-state index contributed by atoms with van der Waals surface area (Å²) >= 11 is 0. The van der Waals surface area contributed by atoms with Gasteiger partial charge in [0.15, 0.2) is 0 Å². The van der Waals surface area contributed by atoms with E-state index in [-0.39, 0.29) is 17.1 Å². The Labute approximate surface area is 115 Å². The molecule has 0 radical (unpaired) electrons. The summed E-state index contributed by atoms with van der Waals surface area (Å²) in [4.78, 5) is 3.80. The Bertz CT molecular complexity index is 672. The van der Waals surface area contributed by atoms with E-state index in [0.717, 1.165) is 18.2 Å². The van der Waals surface area contributed by atoms with E-state index in [1.165, 1.54) is 6.33 Å². The van der Waals surface area contributed by atoms with Crippen LogP contribution < -0.4 is 10.5 Å². The largest absolute Gasteiger partial charge is 0.398 e. The highest BCUT2D eigenvalue weighted by Gasteiger charge is 2.17. The van der Waals surface area contributed by atoms with E-state index in [9.17, 15) is 12.8 Å². The molecule has 2 rings (SSSR count). The first-order valence-corrected chi connectivity index (χ1v) is 7.36. The van der Waals surface area contributed by atoms with Crippen molar-refractivity contribution in [3.05, 3.63) is 36.2 Å². The molecular weight excluding hydrogens is 285 g/mol. The molecular formula is C11H14FN5O2S. The van der Waals surface area contributed by atoms with Gasteiger partial charge in [-0.1, -0.05) is 0 Å². The van der Waals surface area contributed by atoms with E-state index in [4.69, 9.17) is 5.73 Å². The van der Waals surface area contributed by atoms with E-state index >= 15 is 0 Å². The first-order valence-electron chi connectivity index (χ1n) is 5.88. The molecule has 0 bridgehead atoms. The molecule has 0 fully saturated rings. The van der Waals surface area contributed by atoms with Gasteiger partial charge < -0.3 is 5.73 Å². The number of hydrogen-bond acceptors (Lipinski definition) is 5. The lowest BCUT2D eigenvalue weighted by molar-refractivity contribution is 0.578. The SMILES string of the molecule is Nc1cc(F)ccc1S(=O)(=O)NCCCc1ncn[nH]1. The average molecular weight is 299 g/mol. The summed E-state index contributed by atoms with van der Waals surface area (Å²) in [6, 6.07) is 3.17. The molecule has 4 N–H and O–H groups in total. The van der Waals surface area contributed by atoms with Crippen molar-refractivity contribution in [1.82, 2.24) is 19.9 Å². The minimum atomic E-state index is -3.74. The van der Waals surface area contributed by atoms with Crippen LogP contribution in [0.2, 0.25) is 0 Å². The Morgan fingerprint density at radius 2 is 2.20 bits per heavy atom. The number of halogens is 1. The van der Waals surface area contributed by atoms with Crippen LogP contribution in [0.15, 0.2) is 29.4 Å². The Kier molecular flexibility index (Phi) is 4.30. The minimum Gasteiger partial charge on any atom is -0.398 e. The molecule has 0 amide bonds. The van der Waals surface area contributed by atoms with Gasteiger partial charge in [0.2, 0.25) is 10.0 Å². The number of aromatic amines is 1. The topological polar surface area (TPSA) is 114 Å². The predicted molar refractivity (Wildman–Crippen MR) is 70.7 cm³/mol. The van der Waals surface area contributed by atoms with Crippen molar-refractivity contribution in [2.75, 3.05) is 12.3 Å². The van der Waals surface area contributed by atoms with E-state index in [1.807, 2.05) is 0 Å².